The molecule has 0 aliphatic carbocycles. The van der Waals surface area contributed by atoms with Crippen LogP contribution in [0.1, 0.15) is 31.4 Å². The summed E-state index contributed by atoms with van der Waals surface area (Å²) < 4.78 is 34.4. The molecule has 2 aromatic carbocycles. The third-order valence-corrected chi connectivity index (χ3v) is 6.93. The lowest BCUT2D eigenvalue weighted by Crippen LogP contribution is -2.51. The minimum absolute atomic E-state index is 0.0533. The van der Waals surface area contributed by atoms with Gasteiger partial charge in [-0.15, -0.1) is 0 Å². The highest BCUT2D eigenvalue weighted by Crippen LogP contribution is 2.57. The van der Waals surface area contributed by atoms with Gasteiger partial charge in [0, 0.05) is 24.0 Å². The number of nitrogens with one attached hydrogen (secondary N) is 1. The number of rotatable bonds is 5. The number of halogens is 2. The van der Waals surface area contributed by atoms with E-state index in [1.165, 1.54) is 23.7 Å². The second kappa shape index (κ2) is 8.35. The number of para-hydroxylation sites is 1. The normalized spacial score (nSPS) is 22.6. The summed E-state index contributed by atoms with van der Waals surface area (Å²) in [6.07, 6.45) is 0.730. The second-order valence-electron chi connectivity index (χ2n) is 7.30. The maximum atomic E-state index is 14.5. The predicted molar refractivity (Wildman–Crippen MR) is 113 cm³/mol. The van der Waals surface area contributed by atoms with Gasteiger partial charge in [0.05, 0.1) is 6.61 Å². The average molecular weight is 432 g/mol. The van der Waals surface area contributed by atoms with Gasteiger partial charge < -0.3 is 10.1 Å². The molecule has 1 spiro atoms. The van der Waals surface area contributed by atoms with Gasteiger partial charge >= 0.3 is 0 Å². The van der Waals surface area contributed by atoms with Crippen molar-refractivity contribution in [3.05, 3.63) is 65.2 Å². The highest BCUT2D eigenvalue weighted by Gasteiger charge is 2.56. The number of carbonyl (C=O) groups is 1. The highest BCUT2D eigenvalue weighted by molar-refractivity contribution is 8.15. The van der Waals surface area contributed by atoms with Gasteiger partial charge in [-0.05, 0) is 43.8 Å². The van der Waals surface area contributed by atoms with Gasteiger partial charge in [0.2, 0.25) is 5.91 Å². The van der Waals surface area contributed by atoms with Crippen LogP contribution in [0.5, 0.6) is 5.75 Å². The van der Waals surface area contributed by atoms with Crippen molar-refractivity contribution >= 4 is 22.7 Å². The second-order valence-corrected chi connectivity index (χ2v) is 8.52. The Morgan fingerprint density at radius 3 is 2.90 bits per heavy atom. The number of amides is 1. The van der Waals surface area contributed by atoms with E-state index in [0.717, 1.165) is 43.3 Å². The van der Waals surface area contributed by atoms with Gasteiger partial charge in [-0.2, -0.15) is 5.10 Å². The summed E-state index contributed by atoms with van der Waals surface area (Å²) in [6.45, 7) is 5.44. The lowest BCUT2D eigenvalue weighted by Gasteiger charge is -2.45. The van der Waals surface area contributed by atoms with Crippen molar-refractivity contribution in [2.75, 3.05) is 19.7 Å². The van der Waals surface area contributed by atoms with Gasteiger partial charge in [-0.1, -0.05) is 36.9 Å². The maximum absolute atomic E-state index is 14.5. The minimum atomic E-state index is -0.885. The summed E-state index contributed by atoms with van der Waals surface area (Å²) in [4.78, 5) is 11.8. The molecule has 0 unspecified atom stereocenters. The van der Waals surface area contributed by atoms with E-state index in [1.54, 1.807) is 0 Å². The smallest absolute Gasteiger partial charge is 0.241 e. The third kappa shape index (κ3) is 3.48. The Balaban J connectivity index is 1.83. The van der Waals surface area contributed by atoms with Gasteiger partial charge in [0.25, 0.3) is 0 Å². The zero-order chi connectivity index (χ0) is 21.3. The van der Waals surface area contributed by atoms with Gasteiger partial charge in [0.15, 0.2) is 4.87 Å². The lowest BCUT2D eigenvalue weighted by atomic mass is 9.86. The van der Waals surface area contributed by atoms with E-state index < -0.39 is 16.5 Å². The summed E-state index contributed by atoms with van der Waals surface area (Å²) >= 11 is 1.30. The Labute approximate surface area is 178 Å². The maximum Gasteiger partial charge on any atom is 0.241 e. The molecule has 2 aliphatic heterocycles. The van der Waals surface area contributed by atoms with Crippen molar-refractivity contribution in [1.82, 2.24) is 10.3 Å². The van der Waals surface area contributed by atoms with Crippen molar-refractivity contribution in [3.63, 3.8) is 0 Å². The summed E-state index contributed by atoms with van der Waals surface area (Å²) in [5, 5.41) is 9.52. The molecule has 0 aromatic heterocycles. The van der Waals surface area contributed by atoms with E-state index in [4.69, 9.17) is 4.74 Å². The van der Waals surface area contributed by atoms with Crippen LogP contribution in [-0.4, -0.2) is 35.7 Å². The molecule has 1 amide bonds. The Hall–Kier alpha value is -2.45. The first-order valence-corrected chi connectivity index (χ1v) is 10.8. The molecular weight excluding hydrogens is 408 g/mol. The number of carbonyl (C=O) groups excluding carboxylic acids is 1. The number of benzene rings is 2. The van der Waals surface area contributed by atoms with Crippen LogP contribution >= 0.6 is 11.8 Å². The molecule has 0 fully saturated rings. The van der Waals surface area contributed by atoms with Gasteiger partial charge in [0.1, 0.15) is 22.4 Å². The molecular formula is C22H23F2N3O2S. The van der Waals surface area contributed by atoms with Crippen LogP contribution in [0, 0.1) is 17.6 Å². The molecule has 2 aromatic rings. The van der Waals surface area contributed by atoms with Crippen LogP contribution in [0.2, 0.25) is 0 Å². The standard InChI is InChI=1S/C22H23F2N3O2S/c1-3-25-11-10-15-13-29-20-7-5-4-6-18(20)22(15)27(14(2)28)26-21(30-22)17-12-16(23)8-9-19(17)24/h4-9,12,15,25H,3,10-11,13H2,1-2H3/t15-,22+/m1/s1. The molecule has 158 valence electrons. The first-order chi connectivity index (χ1) is 14.5. The van der Waals surface area contributed by atoms with E-state index in [9.17, 15) is 13.6 Å². The number of nitrogens with zero attached hydrogens (tertiary/aromatic N) is 2. The molecule has 1 N–H and O–H groups in total. The molecule has 2 atom stereocenters. The van der Waals surface area contributed by atoms with E-state index in [0.29, 0.717) is 12.4 Å². The molecule has 2 heterocycles. The van der Waals surface area contributed by atoms with Crippen LogP contribution in [0.15, 0.2) is 47.6 Å². The highest BCUT2D eigenvalue weighted by atomic mass is 32.2. The fraction of sp³-hybridized carbons (Fsp3) is 0.364. The quantitative estimate of drug-likeness (QED) is 0.725. The Bertz CT molecular complexity index is 1000. The Kier molecular flexibility index (Phi) is 5.79. The first-order valence-electron chi connectivity index (χ1n) is 9.94. The number of thioether (sulfide) groups is 1. The SMILES string of the molecule is CCNCC[C@@H]1COc2ccccc2[C@@]12SC(c1cc(F)ccc1F)=NN2C(C)=O. The van der Waals surface area contributed by atoms with E-state index in [2.05, 4.69) is 10.4 Å². The van der Waals surface area contributed by atoms with Crippen LogP contribution in [-0.2, 0) is 9.67 Å². The molecule has 5 nitrogen and oxygen atoms in total. The van der Waals surface area contributed by atoms with E-state index in [1.807, 2.05) is 31.2 Å². The Morgan fingerprint density at radius 2 is 2.13 bits per heavy atom. The summed E-state index contributed by atoms with van der Waals surface area (Å²) in [5.74, 6) is -0.821. The van der Waals surface area contributed by atoms with Crippen molar-refractivity contribution in [2.24, 2.45) is 11.0 Å². The molecule has 2 aliphatic rings. The molecule has 0 saturated carbocycles. The van der Waals surface area contributed by atoms with Gasteiger partial charge in [-0.25, -0.2) is 13.8 Å². The summed E-state index contributed by atoms with van der Waals surface area (Å²) in [6, 6.07) is 10.8. The lowest BCUT2D eigenvalue weighted by molar-refractivity contribution is -0.134. The molecule has 0 bridgehead atoms. The van der Waals surface area contributed by atoms with Crippen molar-refractivity contribution < 1.29 is 18.3 Å². The minimum Gasteiger partial charge on any atom is -0.493 e. The monoisotopic (exact) mass is 431 g/mol. The zero-order valence-corrected chi connectivity index (χ0v) is 17.6. The van der Waals surface area contributed by atoms with E-state index in [-0.39, 0.29) is 22.4 Å². The van der Waals surface area contributed by atoms with Crippen molar-refractivity contribution in [2.45, 2.75) is 25.1 Å². The van der Waals surface area contributed by atoms with Crippen LogP contribution in [0.25, 0.3) is 0 Å². The van der Waals surface area contributed by atoms with Crippen LogP contribution < -0.4 is 10.1 Å². The fourth-order valence-electron chi connectivity index (χ4n) is 4.02. The molecule has 4 rings (SSSR count). The summed E-state index contributed by atoms with van der Waals surface area (Å²) in [5.41, 5.74) is 0.867. The largest absolute Gasteiger partial charge is 0.493 e. The topological polar surface area (TPSA) is 53.9 Å². The molecule has 0 radical (unpaired) electrons. The van der Waals surface area contributed by atoms with Crippen molar-refractivity contribution in [3.8, 4) is 5.75 Å². The van der Waals surface area contributed by atoms with Gasteiger partial charge in [-0.3, -0.25) is 4.79 Å². The number of ether oxygens (including phenoxy) is 1. The molecule has 30 heavy (non-hydrogen) atoms. The third-order valence-electron chi connectivity index (χ3n) is 5.40. The first kappa shape index (κ1) is 20.8. The number of hydrazone groups is 1. The number of fused-ring (bicyclic) bond motifs is 2. The fourth-order valence-corrected chi connectivity index (χ4v) is 5.59. The van der Waals surface area contributed by atoms with E-state index >= 15 is 0 Å². The molecule has 0 saturated heterocycles. The number of hydrogen-bond donors (Lipinski definition) is 1. The van der Waals surface area contributed by atoms with Crippen LogP contribution in [0.3, 0.4) is 0 Å². The number of hydrogen-bond acceptors (Lipinski definition) is 5. The average Bonchev–Trinajstić information content (AvgIpc) is 3.13. The van der Waals surface area contributed by atoms with Crippen molar-refractivity contribution in [1.29, 1.82) is 0 Å². The summed E-state index contributed by atoms with van der Waals surface area (Å²) in [7, 11) is 0. The predicted octanol–water partition coefficient (Wildman–Crippen LogP) is 4.08. The Morgan fingerprint density at radius 1 is 1.33 bits per heavy atom. The van der Waals surface area contributed by atoms with Crippen LogP contribution in [0.4, 0.5) is 8.78 Å². The zero-order valence-electron chi connectivity index (χ0n) is 16.8. The molecule has 8 heteroatoms.